The Labute approximate surface area is 204 Å². The zero-order valence-electron chi connectivity index (χ0n) is 18.9. The molecular weight excluding hydrogens is 461 g/mol. The number of aryl methyl sites for hydroxylation is 1. The number of aromatic nitrogens is 2. The molecule has 1 N–H and O–H groups in total. The van der Waals surface area contributed by atoms with Gasteiger partial charge in [0.05, 0.1) is 10.0 Å². The molecule has 8 heteroatoms. The van der Waals surface area contributed by atoms with E-state index in [4.69, 9.17) is 27.9 Å². The molecule has 0 saturated heterocycles. The number of nitrogens with zero attached hydrogens (tertiary/aromatic N) is 3. The van der Waals surface area contributed by atoms with E-state index in [0.717, 1.165) is 29.5 Å². The van der Waals surface area contributed by atoms with Crippen LogP contribution in [0.1, 0.15) is 37.5 Å². The van der Waals surface area contributed by atoms with Crippen molar-refractivity contribution in [2.24, 2.45) is 0 Å². The van der Waals surface area contributed by atoms with Crippen LogP contribution >= 0.6 is 23.2 Å². The highest BCUT2D eigenvalue weighted by Gasteiger charge is 2.29. The number of rotatable bonds is 10. The highest BCUT2D eigenvalue weighted by molar-refractivity contribution is 6.42. The van der Waals surface area contributed by atoms with E-state index in [2.05, 4.69) is 21.8 Å². The highest BCUT2D eigenvalue weighted by atomic mass is 35.5. The Bertz CT molecular complexity index is 1090. The van der Waals surface area contributed by atoms with Crippen LogP contribution in [-0.2, 0) is 24.2 Å². The molecule has 3 rings (SSSR count). The van der Waals surface area contributed by atoms with Crippen LogP contribution < -0.4 is 9.64 Å². The molecular formula is C25H27Cl2N3O3. The Morgan fingerprint density at radius 2 is 1.64 bits per heavy atom. The van der Waals surface area contributed by atoms with Crippen LogP contribution in [0.2, 0.25) is 10.0 Å². The minimum Gasteiger partial charge on any atom is -0.478 e. The van der Waals surface area contributed by atoms with Crippen molar-refractivity contribution in [2.45, 2.75) is 45.8 Å². The van der Waals surface area contributed by atoms with Crippen LogP contribution in [0.25, 0.3) is 0 Å². The molecule has 1 heterocycles. The first kappa shape index (κ1) is 24.8. The summed E-state index contributed by atoms with van der Waals surface area (Å²) < 4.78 is 5.58. The van der Waals surface area contributed by atoms with Gasteiger partial charge in [0, 0.05) is 25.5 Å². The van der Waals surface area contributed by atoms with Crippen LogP contribution in [-0.4, -0.2) is 33.2 Å². The molecule has 33 heavy (non-hydrogen) atoms. The Hall–Kier alpha value is -2.83. The summed E-state index contributed by atoms with van der Waals surface area (Å²) in [6.07, 6.45) is 5.31. The van der Waals surface area contributed by atoms with Crippen molar-refractivity contribution in [1.29, 1.82) is 0 Å². The zero-order valence-corrected chi connectivity index (χ0v) is 20.4. The summed E-state index contributed by atoms with van der Waals surface area (Å²) in [5.74, 6) is 0.136. The number of carboxylic acids is 1. The maximum Gasteiger partial charge on any atom is 0.347 e. The molecule has 0 aliphatic rings. The number of ether oxygens (including phenoxy) is 1. The predicted octanol–water partition coefficient (Wildman–Crippen LogP) is 5.84. The molecule has 0 atom stereocenters. The monoisotopic (exact) mass is 487 g/mol. The Balaban J connectivity index is 1.74. The van der Waals surface area contributed by atoms with Crippen molar-refractivity contribution < 1.29 is 14.6 Å². The SMILES string of the molecule is CCc1cnc(N(CCc2ccc(OC(C)(C)C(=O)O)cc2)Cc2ccc(Cl)c(Cl)c2)nc1. The second-order valence-corrected chi connectivity index (χ2v) is 9.04. The molecule has 0 unspecified atom stereocenters. The fraction of sp³-hybridized carbons (Fsp3) is 0.320. The molecule has 0 radical (unpaired) electrons. The summed E-state index contributed by atoms with van der Waals surface area (Å²) in [5.41, 5.74) is 1.88. The third kappa shape index (κ3) is 6.83. The largest absolute Gasteiger partial charge is 0.478 e. The summed E-state index contributed by atoms with van der Waals surface area (Å²) >= 11 is 12.3. The van der Waals surface area contributed by atoms with Gasteiger partial charge >= 0.3 is 5.97 Å². The standard InChI is InChI=1S/C25H27Cl2N3O3/c1-4-17-14-28-24(29-15-17)30(16-19-7-10-21(26)22(27)13-19)12-11-18-5-8-20(9-6-18)33-25(2,3)23(31)32/h5-10,13-15H,4,11-12,16H2,1-3H3,(H,31,32). The molecule has 0 fully saturated rings. The summed E-state index contributed by atoms with van der Waals surface area (Å²) in [5, 5.41) is 10.3. The summed E-state index contributed by atoms with van der Waals surface area (Å²) in [6.45, 7) is 6.36. The van der Waals surface area contributed by atoms with E-state index in [0.29, 0.717) is 34.8 Å². The van der Waals surface area contributed by atoms with Gasteiger partial charge in [-0.3, -0.25) is 0 Å². The second-order valence-electron chi connectivity index (χ2n) is 8.23. The number of carboxylic acid groups (broad SMARTS) is 1. The third-order valence-corrected chi connectivity index (χ3v) is 5.96. The summed E-state index contributed by atoms with van der Waals surface area (Å²) in [7, 11) is 0. The van der Waals surface area contributed by atoms with Crippen molar-refractivity contribution in [1.82, 2.24) is 9.97 Å². The molecule has 0 saturated carbocycles. The summed E-state index contributed by atoms with van der Waals surface area (Å²) in [4.78, 5) is 22.5. The molecule has 0 bridgehead atoms. The van der Waals surface area contributed by atoms with E-state index < -0.39 is 11.6 Å². The van der Waals surface area contributed by atoms with Crippen LogP contribution in [0.4, 0.5) is 5.95 Å². The number of aliphatic carboxylic acids is 1. The quantitative estimate of drug-likeness (QED) is 0.387. The van der Waals surface area contributed by atoms with E-state index in [1.165, 1.54) is 13.8 Å². The number of hydrogen-bond donors (Lipinski definition) is 1. The normalized spacial score (nSPS) is 11.3. The lowest BCUT2D eigenvalue weighted by Gasteiger charge is -2.24. The first-order valence-corrected chi connectivity index (χ1v) is 11.4. The Kier molecular flexibility index (Phi) is 8.16. The van der Waals surface area contributed by atoms with Crippen LogP contribution in [0, 0.1) is 0 Å². The minimum absolute atomic E-state index is 0.510. The average molecular weight is 488 g/mol. The molecule has 1 aromatic heterocycles. The summed E-state index contributed by atoms with van der Waals surface area (Å²) in [6, 6.07) is 13.0. The van der Waals surface area contributed by atoms with Gasteiger partial charge in [0.1, 0.15) is 5.75 Å². The minimum atomic E-state index is -1.29. The highest BCUT2D eigenvalue weighted by Crippen LogP contribution is 2.24. The number of hydrogen-bond acceptors (Lipinski definition) is 5. The van der Waals surface area contributed by atoms with Gasteiger partial charge in [-0.05, 0) is 67.6 Å². The van der Waals surface area contributed by atoms with Gasteiger partial charge in [-0.25, -0.2) is 14.8 Å². The van der Waals surface area contributed by atoms with Gasteiger partial charge in [0.15, 0.2) is 5.60 Å². The van der Waals surface area contributed by atoms with Gasteiger partial charge in [0.25, 0.3) is 0 Å². The predicted molar refractivity (Wildman–Crippen MR) is 131 cm³/mol. The van der Waals surface area contributed by atoms with Crippen LogP contribution in [0.5, 0.6) is 5.75 Å². The molecule has 0 aliphatic heterocycles. The van der Waals surface area contributed by atoms with E-state index in [-0.39, 0.29) is 0 Å². The zero-order chi connectivity index (χ0) is 24.0. The van der Waals surface area contributed by atoms with Gasteiger partial charge in [-0.2, -0.15) is 0 Å². The fourth-order valence-corrected chi connectivity index (χ4v) is 3.45. The van der Waals surface area contributed by atoms with Crippen molar-refractivity contribution in [3.63, 3.8) is 0 Å². The lowest BCUT2D eigenvalue weighted by atomic mass is 10.1. The van der Waals surface area contributed by atoms with Crippen LogP contribution in [0.15, 0.2) is 54.9 Å². The average Bonchev–Trinajstić information content (AvgIpc) is 2.79. The third-order valence-electron chi connectivity index (χ3n) is 5.22. The number of anilines is 1. The van der Waals surface area contributed by atoms with Crippen molar-refractivity contribution in [2.75, 3.05) is 11.4 Å². The smallest absolute Gasteiger partial charge is 0.347 e. The van der Waals surface area contributed by atoms with Crippen molar-refractivity contribution in [3.05, 3.63) is 81.6 Å². The van der Waals surface area contributed by atoms with Gasteiger partial charge in [0.2, 0.25) is 5.95 Å². The van der Waals surface area contributed by atoms with E-state index in [1.807, 2.05) is 36.7 Å². The van der Waals surface area contributed by atoms with Gasteiger partial charge in [-0.15, -0.1) is 0 Å². The van der Waals surface area contributed by atoms with E-state index >= 15 is 0 Å². The molecule has 3 aromatic rings. The van der Waals surface area contributed by atoms with Crippen LogP contribution in [0.3, 0.4) is 0 Å². The molecule has 2 aromatic carbocycles. The first-order valence-electron chi connectivity index (χ1n) is 10.7. The number of benzene rings is 2. The van der Waals surface area contributed by atoms with E-state index in [9.17, 15) is 9.90 Å². The lowest BCUT2D eigenvalue weighted by Crippen LogP contribution is -2.37. The Morgan fingerprint density at radius 1 is 1.00 bits per heavy atom. The lowest BCUT2D eigenvalue weighted by molar-refractivity contribution is -0.152. The van der Waals surface area contributed by atoms with E-state index in [1.54, 1.807) is 18.2 Å². The maximum atomic E-state index is 11.3. The number of halogens is 2. The molecule has 0 spiro atoms. The maximum absolute atomic E-state index is 11.3. The van der Waals surface area contributed by atoms with Gasteiger partial charge < -0.3 is 14.7 Å². The first-order chi connectivity index (χ1) is 15.7. The molecule has 174 valence electrons. The Morgan fingerprint density at radius 3 is 2.21 bits per heavy atom. The molecule has 0 amide bonds. The second kappa shape index (κ2) is 10.9. The van der Waals surface area contributed by atoms with Gasteiger partial charge in [-0.1, -0.05) is 48.3 Å². The molecule has 0 aliphatic carbocycles. The topological polar surface area (TPSA) is 75.6 Å². The van der Waals surface area contributed by atoms with Crippen molar-refractivity contribution in [3.8, 4) is 5.75 Å². The fourth-order valence-electron chi connectivity index (χ4n) is 3.13. The van der Waals surface area contributed by atoms with Crippen molar-refractivity contribution >= 4 is 35.1 Å². The number of carbonyl (C=O) groups is 1. The molecule has 6 nitrogen and oxygen atoms in total.